The second-order valence-corrected chi connectivity index (χ2v) is 10.9. The quantitative estimate of drug-likeness (QED) is 0.545. The third-order valence-corrected chi connectivity index (χ3v) is 8.05. The highest BCUT2D eigenvalue weighted by molar-refractivity contribution is 5.63. The van der Waals surface area contributed by atoms with Gasteiger partial charge in [0.25, 0.3) is 0 Å². The molecule has 0 N–H and O–H groups in total. The second kappa shape index (κ2) is 9.94. The number of piperidine rings is 1. The van der Waals surface area contributed by atoms with Crippen LogP contribution in [0.1, 0.15) is 90.0 Å². The van der Waals surface area contributed by atoms with Gasteiger partial charge in [-0.2, -0.15) is 0 Å². The average Bonchev–Trinajstić information content (AvgIpc) is 2.78. The molecule has 168 valence electrons. The van der Waals surface area contributed by atoms with Crippen molar-refractivity contribution in [2.24, 2.45) is 5.41 Å². The third kappa shape index (κ3) is 5.33. The summed E-state index contributed by atoms with van der Waals surface area (Å²) >= 11 is 0. The molecule has 3 fully saturated rings. The molecule has 0 unspecified atom stereocenters. The number of anilines is 2. The molecule has 0 amide bonds. The maximum atomic E-state index is 2.71. The fourth-order valence-electron chi connectivity index (χ4n) is 5.81. The smallest absolute Gasteiger partial charge is 0.0404 e. The van der Waals surface area contributed by atoms with Crippen molar-refractivity contribution in [1.82, 2.24) is 4.90 Å². The van der Waals surface area contributed by atoms with Gasteiger partial charge in [-0.15, -0.1) is 0 Å². The van der Waals surface area contributed by atoms with Crippen LogP contribution >= 0.6 is 0 Å². The average molecular weight is 412 g/mol. The van der Waals surface area contributed by atoms with Crippen LogP contribution in [0.2, 0.25) is 0 Å². The summed E-state index contributed by atoms with van der Waals surface area (Å²) in [6, 6.07) is 7.52. The summed E-state index contributed by atoms with van der Waals surface area (Å²) in [5.74, 6) is 0.746. The van der Waals surface area contributed by atoms with Crippen LogP contribution in [0.25, 0.3) is 0 Å². The Balaban J connectivity index is 1.53. The Hall–Kier alpha value is -1.22. The molecule has 1 aromatic rings. The van der Waals surface area contributed by atoms with Crippen molar-refractivity contribution in [3.05, 3.63) is 23.8 Å². The Morgan fingerprint density at radius 3 is 2.23 bits per heavy atom. The van der Waals surface area contributed by atoms with Gasteiger partial charge in [0.05, 0.1) is 0 Å². The highest BCUT2D eigenvalue weighted by Crippen LogP contribution is 2.45. The lowest BCUT2D eigenvalue weighted by Crippen LogP contribution is -2.47. The Morgan fingerprint density at radius 2 is 1.57 bits per heavy atom. The summed E-state index contributed by atoms with van der Waals surface area (Å²) in [6.45, 7) is 15.8. The molecule has 0 atom stereocenters. The van der Waals surface area contributed by atoms with E-state index in [-0.39, 0.29) is 0 Å². The van der Waals surface area contributed by atoms with Crippen LogP contribution in [0.15, 0.2) is 18.2 Å². The largest absolute Gasteiger partial charge is 0.372 e. The predicted molar refractivity (Wildman–Crippen MR) is 131 cm³/mol. The van der Waals surface area contributed by atoms with Crippen molar-refractivity contribution in [2.45, 2.75) is 84.5 Å². The highest BCUT2D eigenvalue weighted by atomic mass is 15.3. The number of piperazine rings is 1. The van der Waals surface area contributed by atoms with E-state index in [9.17, 15) is 0 Å². The van der Waals surface area contributed by atoms with E-state index in [1.807, 2.05) is 0 Å². The molecule has 2 aliphatic heterocycles. The lowest BCUT2D eigenvalue weighted by molar-refractivity contribution is 0.224. The van der Waals surface area contributed by atoms with Crippen LogP contribution in [0.4, 0.5) is 11.4 Å². The zero-order valence-electron chi connectivity index (χ0n) is 20.0. The van der Waals surface area contributed by atoms with E-state index in [1.165, 1.54) is 109 Å². The molecule has 4 rings (SSSR count). The first kappa shape index (κ1) is 22.0. The lowest BCUT2D eigenvalue weighted by Gasteiger charge is -2.40. The summed E-state index contributed by atoms with van der Waals surface area (Å²) in [5.41, 5.74) is 5.23. The Morgan fingerprint density at radius 1 is 0.867 bits per heavy atom. The van der Waals surface area contributed by atoms with E-state index in [0.717, 1.165) is 5.92 Å². The minimum Gasteiger partial charge on any atom is -0.372 e. The topological polar surface area (TPSA) is 9.72 Å². The van der Waals surface area contributed by atoms with Crippen LogP contribution in [-0.2, 0) is 0 Å². The van der Waals surface area contributed by atoms with Crippen molar-refractivity contribution < 1.29 is 0 Å². The van der Waals surface area contributed by atoms with Crippen molar-refractivity contribution in [2.75, 3.05) is 55.6 Å². The van der Waals surface area contributed by atoms with Crippen molar-refractivity contribution in [3.63, 3.8) is 0 Å². The van der Waals surface area contributed by atoms with E-state index in [0.29, 0.717) is 5.41 Å². The Labute approximate surface area is 185 Å². The van der Waals surface area contributed by atoms with Crippen molar-refractivity contribution in [1.29, 1.82) is 0 Å². The van der Waals surface area contributed by atoms with Crippen molar-refractivity contribution in [3.8, 4) is 0 Å². The summed E-state index contributed by atoms with van der Waals surface area (Å²) in [4.78, 5) is 8.02. The normalized spacial score (nSPS) is 23.7. The summed E-state index contributed by atoms with van der Waals surface area (Å²) in [5, 5.41) is 0. The molecule has 0 aromatic heterocycles. The molecule has 2 saturated heterocycles. The number of hydrogen-bond acceptors (Lipinski definition) is 3. The first-order valence-corrected chi connectivity index (χ1v) is 12.9. The van der Waals surface area contributed by atoms with Gasteiger partial charge in [-0.05, 0) is 93.0 Å². The molecule has 0 spiro atoms. The second-order valence-electron chi connectivity index (χ2n) is 10.9. The minimum atomic E-state index is 0.534. The molecule has 30 heavy (non-hydrogen) atoms. The number of benzene rings is 1. The molecule has 3 heteroatoms. The van der Waals surface area contributed by atoms with E-state index in [4.69, 9.17) is 0 Å². The van der Waals surface area contributed by atoms with Crippen LogP contribution in [-0.4, -0.2) is 50.7 Å². The van der Waals surface area contributed by atoms with Gasteiger partial charge in [0.2, 0.25) is 0 Å². The number of hydrogen-bond donors (Lipinski definition) is 0. The highest BCUT2D eigenvalue weighted by Gasteiger charge is 2.30. The number of nitrogens with zero attached hydrogens (tertiary/aromatic N) is 3. The molecule has 0 radical (unpaired) electrons. The Kier molecular flexibility index (Phi) is 7.28. The fraction of sp³-hybridized carbons (Fsp3) is 0.778. The SMILES string of the molecule is CCCCN1CCN(c2ccc(N3CCCCC3)cc2C2CCC(C)(C)CC2)CC1. The van der Waals surface area contributed by atoms with E-state index < -0.39 is 0 Å². The van der Waals surface area contributed by atoms with Gasteiger partial charge in [0.1, 0.15) is 0 Å². The van der Waals surface area contributed by atoms with E-state index >= 15 is 0 Å². The lowest BCUT2D eigenvalue weighted by atomic mass is 9.71. The summed E-state index contributed by atoms with van der Waals surface area (Å²) in [6.07, 6.45) is 12.2. The third-order valence-electron chi connectivity index (χ3n) is 8.05. The van der Waals surface area contributed by atoms with Crippen molar-refractivity contribution >= 4 is 11.4 Å². The molecule has 1 aliphatic carbocycles. The van der Waals surface area contributed by atoms with Crippen LogP contribution in [0.3, 0.4) is 0 Å². The van der Waals surface area contributed by atoms with Gasteiger partial charge < -0.3 is 9.80 Å². The Bertz CT molecular complexity index is 659. The fourth-order valence-corrected chi connectivity index (χ4v) is 5.81. The molecule has 3 aliphatic rings. The molecular weight excluding hydrogens is 366 g/mol. The summed E-state index contributed by atoms with van der Waals surface area (Å²) in [7, 11) is 0. The number of unbranched alkanes of at least 4 members (excludes halogenated alkanes) is 1. The molecule has 2 heterocycles. The van der Waals surface area contributed by atoms with Gasteiger partial charge >= 0.3 is 0 Å². The van der Waals surface area contributed by atoms with Crippen LogP contribution in [0.5, 0.6) is 0 Å². The standard InChI is InChI=1S/C27H45N3/c1-4-5-15-28-18-20-30(21-19-28)26-10-9-24(29-16-7-6-8-17-29)22-25(26)23-11-13-27(2,3)14-12-23/h9-10,22-23H,4-8,11-21H2,1-3H3. The monoisotopic (exact) mass is 411 g/mol. The van der Waals surface area contributed by atoms with Gasteiger partial charge in [-0.3, -0.25) is 4.90 Å². The van der Waals surface area contributed by atoms with Crippen LogP contribution in [0, 0.1) is 5.41 Å². The molecular formula is C27H45N3. The van der Waals surface area contributed by atoms with Gasteiger partial charge in [0, 0.05) is 50.6 Å². The number of rotatable bonds is 6. The zero-order chi connectivity index (χ0) is 21.0. The van der Waals surface area contributed by atoms with Gasteiger partial charge in [-0.25, -0.2) is 0 Å². The van der Waals surface area contributed by atoms with Crippen LogP contribution < -0.4 is 9.80 Å². The summed E-state index contributed by atoms with van der Waals surface area (Å²) < 4.78 is 0. The van der Waals surface area contributed by atoms with E-state index in [2.05, 4.69) is 53.7 Å². The van der Waals surface area contributed by atoms with Gasteiger partial charge in [-0.1, -0.05) is 27.2 Å². The zero-order valence-corrected chi connectivity index (χ0v) is 20.0. The molecule has 1 saturated carbocycles. The maximum Gasteiger partial charge on any atom is 0.0404 e. The minimum absolute atomic E-state index is 0.534. The molecule has 3 nitrogen and oxygen atoms in total. The molecule has 0 bridgehead atoms. The van der Waals surface area contributed by atoms with E-state index in [1.54, 1.807) is 11.3 Å². The van der Waals surface area contributed by atoms with Gasteiger partial charge in [0.15, 0.2) is 0 Å². The predicted octanol–water partition coefficient (Wildman–Crippen LogP) is 6.28. The first-order valence-electron chi connectivity index (χ1n) is 12.9. The first-order chi connectivity index (χ1) is 14.6. The molecule has 1 aromatic carbocycles. The maximum absolute atomic E-state index is 2.71.